The first kappa shape index (κ1) is 7.47. The highest BCUT2D eigenvalue weighted by molar-refractivity contribution is 5.67. The summed E-state index contributed by atoms with van der Waals surface area (Å²) in [4.78, 5) is 9.93. The normalized spacial score (nSPS) is 13.2. The van der Waals surface area contributed by atoms with Gasteiger partial charge in [0.25, 0.3) is 0 Å². The Hall–Kier alpha value is -0.530. The standard InChI is InChI=1S/C6H11O2/c1-3-5(2)4-6(7)8/h5H,2-4H2,1H3,(H,7,8). The van der Waals surface area contributed by atoms with E-state index in [0.717, 1.165) is 6.42 Å². The molecule has 0 bridgehead atoms. The van der Waals surface area contributed by atoms with Crippen molar-refractivity contribution < 1.29 is 9.90 Å². The lowest BCUT2D eigenvalue weighted by molar-refractivity contribution is -0.137. The number of carboxylic acids is 1. The van der Waals surface area contributed by atoms with Crippen molar-refractivity contribution in [1.82, 2.24) is 0 Å². The van der Waals surface area contributed by atoms with E-state index in [4.69, 9.17) is 5.11 Å². The van der Waals surface area contributed by atoms with Crippen molar-refractivity contribution in [3.8, 4) is 0 Å². The number of carboxylic acid groups (broad SMARTS) is 1. The molecule has 1 radical (unpaired) electrons. The number of hydrogen-bond acceptors (Lipinski definition) is 1. The second-order valence-corrected chi connectivity index (χ2v) is 1.87. The van der Waals surface area contributed by atoms with Crippen LogP contribution in [0, 0.1) is 12.8 Å². The van der Waals surface area contributed by atoms with Gasteiger partial charge in [-0.2, -0.15) is 0 Å². The minimum atomic E-state index is -0.758. The summed E-state index contributed by atoms with van der Waals surface area (Å²) in [7, 11) is 0. The number of aliphatic carboxylic acids is 1. The van der Waals surface area contributed by atoms with Crippen LogP contribution in [0.1, 0.15) is 19.8 Å². The summed E-state index contributed by atoms with van der Waals surface area (Å²) in [6, 6.07) is 0. The lowest BCUT2D eigenvalue weighted by Gasteiger charge is -2.00. The lowest BCUT2D eigenvalue weighted by Crippen LogP contribution is -2.02. The van der Waals surface area contributed by atoms with Crippen LogP contribution in [0.25, 0.3) is 0 Å². The van der Waals surface area contributed by atoms with E-state index in [0.29, 0.717) is 0 Å². The summed E-state index contributed by atoms with van der Waals surface area (Å²) < 4.78 is 0. The summed E-state index contributed by atoms with van der Waals surface area (Å²) in [6.45, 7) is 5.55. The van der Waals surface area contributed by atoms with Crippen LogP contribution in [0.5, 0.6) is 0 Å². The molecule has 0 saturated carbocycles. The quantitative estimate of drug-likeness (QED) is 0.602. The van der Waals surface area contributed by atoms with Crippen LogP contribution < -0.4 is 0 Å². The van der Waals surface area contributed by atoms with Crippen molar-refractivity contribution in [2.24, 2.45) is 5.92 Å². The van der Waals surface area contributed by atoms with Gasteiger partial charge in [0.05, 0.1) is 0 Å². The molecule has 0 amide bonds. The topological polar surface area (TPSA) is 37.3 Å². The molecule has 8 heavy (non-hydrogen) atoms. The highest BCUT2D eigenvalue weighted by atomic mass is 16.4. The first-order valence-corrected chi connectivity index (χ1v) is 2.71. The predicted octanol–water partition coefficient (Wildman–Crippen LogP) is 1.32. The predicted molar refractivity (Wildman–Crippen MR) is 31.4 cm³/mol. The molecule has 0 aliphatic carbocycles. The van der Waals surface area contributed by atoms with Gasteiger partial charge < -0.3 is 5.11 Å². The molecule has 0 fully saturated rings. The van der Waals surface area contributed by atoms with Crippen molar-refractivity contribution in [2.75, 3.05) is 0 Å². The lowest BCUT2D eigenvalue weighted by atomic mass is 10.1. The van der Waals surface area contributed by atoms with Gasteiger partial charge in [0, 0.05) is 6.42 Å². The first-order valence-electron chi connectivity index (χ1n) is 2.71. The van der Waals surface area contributed by atoms with Gasteiger partial charge in [-0.15, -0.1) is 0 Å². The SMILES string of the molecule is [CH2]C(CC)CC(=O)O. The van der Waals surface area contributed by atoms with Gasteiger partial charge in [0.1, 0.15) is 0 Å². The monoisotopic (exact) mass is 115 g/mol. The third kappa shape index (κ3) is 3.65. The molecule has 0 heterocycles. The first-order chi connectivity index (χ1) is 3.66. The van der Waals surface area contributed by atoms with Crippen LogP contribution in [-0.4, -0.2) is 11.1 Å². The van der Waals surface area contributed by atoms with Gasteiger partial charge in [-0.1, -0.05) is 13.3 Å². The fourth-order valence-electron chi connectivity index (χ4n) is 0.391. The van der Waals surface area contributed by atoms with Crippen molar-refractivity contribution in [3.63, 3.8) is 0 Å². The van der Waals surface area contributed by atoms with Crippen molar-refractivity contribution >= 4 is 5.97 Å². The van der Waals surface area contributed by atoms with Crippen LogP contribution in [0.15, 0.2) is 0 Å². The van der Waals surface area contributed by atoms with Crippen LogP contribution >= 0.6 is 0 Å². The molecule has 0 spiro atoms. The van der Waals surface area contributed by atoms with Gasteiger partial charge in [0.2, 0.25) is 0 Å². The molecule has 2 nitrogen and oxygen atoms in total. The van der Waals surface area contributed by atoms with E-state index in [1.165, 1.54) is 0 Å². The number of hydrogen-bond donors (Lipinski definition) is 1. The third-order valence-electron chi connectivity index (χ3n) is 1.04. The Labute approximate surface area is 49.5 Å². The highest BCUT2D eigenvalue weighted by Gasteiger charge is 2.02. The van der Waals surface area contributed by atoms with E-state index in [1.807, 2.05) is 6.92 Å². The molecule has 0 aromatic rings. The molecule has 0 aromatic heterocycles. The van der Waals surface area contributed by atoms with Crippen LogP contribution in [0.2, 0.25) is 0 Å². The molecule has 1 N–H and O–H groups in total. The summed E-state index contributed by atoms with van der Waals surface area (Å²) in [6.07, 6.45) is 1.03. The molecule has 0 saturated heterocycles. The second kappa shape index (κ2) is 3.47. The van der Waals surface area contributed by atoms with E-state index in [9.17, 15) is 4.79 Å². The third-order valence-corrected chi connectivity index (χ3v) is 1.04. The summed E-state index contributed by atoms with van der Waals surface area (Å²) >= 11 is 0. The second-order valence-electron chi connectivity index (χ2n) is 1.87. The summed E-state index contributed by atoms with van der Waals surface area (Å²) in [5.74, 6) is -0.681. The van der Waals surface area contributed by atoms with Crippen LogP contribution in [0.3, 0.4) is 0 Å². The maximum atomic E-state index is 9.93. The molecule has 1 unspecified atom stereocenters. The molecule has 47 valence electrons. The van der Waals surface area contributed by atoms with E-state index < -0.39 is 5.97 Å². The molecule has 1 atom stereocenters. The van der Waals surface area contributed by atoms with E-state index >= 15 is 0 Å². The number of carbonyl (C=O) groups is 1. The molecule has 0 aliphatic heterocycles. The zero-order chi connectivity index (χ0) is 6.57. The van der Waals surface area contributed by atoms with Crippen LogP contribution in [0.4, 0.5) is 0 Å². The van der Waals surface area contributed by atoms with Crippen LogP contribution in [-0.2, 0) is 4.79 Å². The Morgan fingerprint density at radius 2 is 2.38 bits per heavy atom. The minimum Gasteiger partial charge on any atom is -0.481 e. The van der Waals surface area contributed by atoms with E-state index in [-0.39, 0.29) is 12.3 Å². The Kier molecular flexibility index (Phi) is 3.24. The summed E-state index contributed by atoms with van der Waals surface area (Å²) in [5.41, 5.74) is 0. The smallest absolute Gasteiger partial charge is 0.303 e. The van der Waals surface area contributed by atoms with Crippen molar-refractivity contribution in [3.05, 3.63) is 6.92 Å². The van der Waals surface area contributed by atoms with E-state index in [1.54, 1.807) is 0 Å². The maximum absolute atomic E-state index is 9.93. The van der Waals surface area contributed by atoms with Gasteiger partial charge in [-0.05, 0) is 12.8 Å². The zero-order valence-electron chi connectivity index (χ0n) is 5.05. The molecule has 0 aromatic carbocycles. The average Bonchev–Trinajstić information content (AvgIpc) is 1.65. The Bertz CT molecular complexity index is 78.6. The average molecular weight is 115 g/mol. The Morgan fingerprint density at radius 1 is 1.88 bits per heavy atom. The van der Waals surface area contributed by atoms with Gasteiger partial charge in [-0.25, -0.2) is 0 Å². The fourth-order valence-corrected chi connectivity index (χ4v) is 0.391. The minimum absolute atomic E-state index is 0.0764. The molecule has 2 heteroatoms. The zero-order valence-corrected chi connectivity index (χ0v) is 5.05. The van der Waals surface area contributed by atoms with Gasteiger partial charge in [0.15, 0.2) is 0 Å². The maximum Gasteiger partial charge on any atom is 0.303 e. The molecular weight excluding hydrogens is 104 g/mol. The summed E-state index contributed by atoms with van der Waals surface area (Å²) in [5, 5.41) is 8.18. The molecule has 0 rings (SSSR count). The van der Waals surface area contributed by atoms with Crippen molar-refractivity contribution in [2.45, 2.75) is 19.8 Å². The molecular formula is C6H11O2. The Balaban J connectivity index is 3.24. The fraction of sp³-hybridized carbons (Fsp3) is 0.667. The largest absolute Gasteiger partial charge is 0.481 e. The van der Waals surface area contributed by atoms with Crippen molar-refractivity contribution in [1.29, 1.82) is 0 Å². The Morgan fingerprint density at radius 3 is 2.50 bits per heavy atom. The molecule has 0 aliphatic rings. The van der Waals surface area contributed by atoms with Gasteiger partial charge >= 0.3 is 5.97 Å². The van der Waals surface area contributed by atoms with E-state index in [2.05, 4.69) is 6.92 Å². The highest BCUT2D eigenvalue weighted by Crippen LogP contribution is 2.03. The van der Waals surface area contributed by atoms with Gasteiger partial charge in [-0.3, -0.25) is 4.79 Å². The number of rotatable bonds is 3.